The smallest absolute Gasteiger partial charge is 0.201 e. The average molecular weight is 623 g/mol. The Morgan fingerprint density at radius 2 is 1.20 bits per heavy atom. The molecule has 0 unspecified atom stereocenters. The number of rotatable bonds is 4. The fourth-order valence-electron chi connectivity index (χ4n) is 7.53. The molecule has 0 fully saturated rings. The van der Waals surface area contributed by atoms with Gasteiger partial charge in [0, 0.05) is 41.9 Å². The zero-order valence-electron chi connectivity index (χ0n) is 27.5. The van der Waals surface area contributed by atoms with Gasteiger partial charge in [0.15, 0.2) is 23.0 Å². The van der Waals surface area contributed by atoms with E-state index in [-0.39, 0.29) is 17.8 Å². The Labute approximate surface area is 271 Å². The Bertz CT molecular complexity index is 1800. The van der Waals surface area contributed by atoms with E-state index < -0.39 is 0 Å². The number of fused-ring (bicyclic) bond motifs is 6. The minimum Gasteiger partial charge on any atom is -0.502 e. The Morgan fingerprint density at radius 3 is 1.80 bits per heavy atom. The molecule has 46 heavy (non-hydrogen) atoms. The molecule has 3 aliphatic rings. The first kappa shape index (κ1) is 30.3. The fourth-order valence-corrected chi connectivity index (χ4v) is 7.53. The van der Waals surface area contributed by atoms with E-state index in [4.69, 9.17) is 23.7 Å². The molecule has 0 saturated carbocycles. The van der Waals surface area contributed by atoms with Gasteiger partial charge in [-0.1, -0.05) is 12.1 Å². The fraction of sp³-hybridized carbons (Fsp3) is 0.368. The number of likely N-dealkylation sites (N-methyl/N-ethyl adjacent to an activating group) is 2. The Kier molecular flexibility index (Phi) is 7.95. The lowest BCUT2D eigenvalue weighted by molar-refractivity contribution is 0.220. The maximum Gasteiger partial charge on any atom is 0.201 e. The van der Waals surface area contributed by atoms with Crippen molar-refractivity contribution >= 4 is 0 Å². The second-order valence-corrected chi connectivity index (χ2v) is 12.6. The van der Waals surface area contributed by atoms with Crippen LogP contribution < -0.4 is 23.7 Å². The second kappa shape index (κ2) is 12.1. The Morgan fingerprint density at radius 1 is 0.652 bits per heavy atom. The highest BCUT2D eigenvalue weighted by molar-refractivity contribution is 5.77. The van der Waals surface area contributed by atoms with Crippen LogP contribution in [0.3, 0.4) is 0 Å². The van der Waals surface area contributed by atoms with Crippen LogP contribution in [0.5, 0.6) is 40.2 Å². The number of hydrogen-bond acceptors (Lipinski definition) is 8. The highest BCUT2D eigenvalue weighted by atomic mass is 16.5. The minimum atomic E-state index is -0.0690. The van der Waals surface area contributed by atoms with Crippen molar-refractivity contribution < 1.29 is 28.8 Å². The second-order valence-electron chi connectivity index (χ2n) is 12.6. The minimum absolute atomic E-state index is 0.00811. The number of methoxy groups -OCH3 is 4. The molecule has 6 bridgehead atoms. The van der Waals surface area contributed by atoms with Crippen molar-refractivity contribution in [2.75, 3.05) is 55.6 Å². The van der Waals surface area contributed by atoms with Gasteiger partial charge in [-0.05, 0) is 110 Å². The van der Waals surface area contributed by atoms with Crippen molar-refractivity contribution in [2.24, 2.45) is 0 Å². The third kappa shape index (κ3) is 5.10. The summed E-state index contributed by atoms with van der Waals surface area (Å²) < 4.78 is 30.2. The van der Waals surface area contributed by atoms with Crippen molar-refractivity contribution in [2.45, 2.75) is 37.8 Å². The highest BCUT2D eigenvalue weighted by Gasteiger charge is 2.34. The van der Waals surface area contributed by atoms with Crippen LogP contribution in [0.15, 0.2) is 54.6 Å². The molecule has 0 aliphatic carbocycles. The molecule has 4 aromatic rings. The van der Waals surface area contributed by atoms with Crippen molar-refractivity contribution in [1.82, 2.24) is 9.80 Å². The monoisotopic (exact) mass is 622 g/mol. The van der Waals surface area contributed by atoms with Crippen molar-refractivity contribution in [3.63, 3.8) is 0 Å². The summed E-state index contributed by atoms with van der Waals surface area (Å²) >= 11 is 0. The molecule has 8 heteroatoms. The van der Waals surface area contributed by atoms with Crippen molar-refractivity contribution in [3.8, 4) is 51.4 Å². The molecule has 1 N–H and O–H groups in total. The van der Waals surface area contributed by atoms with Crippen LogP contribution in [0.4, 0.5) is 0 Å². The van der Waals surface area contributed by atoms with Crippen molar-refractivity contribution in [1.29, 1.82) is 0 Å². The summed E-state index contributed by atoms with van der Waals surface area (Å²) in [4.78, 5) is 4.74. The van der Waals surface area contributed by atoms with Crippen LogP contribution in [0, 0.1) is 0 Å². The van der Waals surface area contributed by atoms with Crippen LogP contribution in [0.2, 0.25) is 0 Å². The van der Waals surface area contributed by atoms with Gasteiger partial charge in [-0.2, -0.15) is 0 Å². The first-order chi connectivity index (χ1) is 22.3. The maximum absolute atomic E-state index is 11.7. The van der Waals surface area contributed by atoms with E-state index in [1.54, 1.807) is 28.4 Å². The third-order valence-corrected chi connectivity index (χ3v) is 10.1. The largest absolute Gasteiger partial charge is 0.502 e. The summed E-state index contributed by atoms with van der Waals surface area (Å²) in [6, 6.07) is 19.1. The number of nitrogens with zero attached hydrogens (tertiary/aromatic N) is 2. The summed E-state index contributed by atoms with van der Waals surface area (Å²) in [5, 5.41) is 11.7. The molecule has 0 radical (unpaired) electrons. The molecule has 0 amide bonds. The van der Waals surface area contributed by atoms with E-state index in [1.807, 2.05) is 12.1 Å². The normalized spacial score (nSPS) is 19.1. The van der Waals surface area contributed by atoms with Gasteiger partial charge in [0.05, 0.1) is 28.4 Å². The van der Waals surface area contributed by atoms with Gasteiger partial charge in [-0.3, -0.25) is 9.80 Å². The number of hydrogen-bond donors (Lipinski definition) is 1. The number of benzene rings is 4. The summed E-state index contributed by atoms with van der Waals surface area (Å²) in [6.45, 7) is 1.79. The van der Waals surface area contributed by atoms with Gasteiger partial charge in [0.1, 0.15) is 11.5 Å². The van der Waals surface area contributed by atoms with Gasteiger partial charge in [-0.15, -0.1) is 0 Å². The zero-order valence-corrected chi connectivity index (χ0v) is 27.5. The van der Waals surface area contributed by atoms with Crippen LogP contribution in [0.25, 0.3) is 11.1 Å². The molecule has 0 aromatic heterocycles. The molecule has 0 spiro atoms. The molecule has 8 nitrogen and oxygen atoms in total. The van der Waals surface area contributed by atoms with E-state index in [1.165, 1.54) is 16.7 Å². The summed E-state index contributed by atoms with van der Waals surface area (Å²) in [6.07, 6.45) is 3.20. The molecule has 2 atom stereocenters. The molecule has 4 aromatic carbocycles. The van der Waals surface area contributed by atoms with Crippen LogP contribution in [-0.2, 0) is 25.7 Å². The quantitative estimate of drug-likeness (QED) is 0.268. The van der Waals surface area contributed by atoms with Gasteiger partial charge >= 0.3 is 0 Å². The first-order valence-electron chi connectivity index (χ1n) is 15.9. The molecule has 3 aliphatic heterocycles. The third-order valence-electron chi connectivity index (χ3n) is 10.1. The van der Waals surface area contributed by atoms with Crippen molar-refractivity contribution in [3.05, 3.63) is 88.0 Å². The summed E-state index contributed by atoms with van der Waals surface area (Å²) in [7, 11) is 11.0. The highest BCUT2D eigenvalue weighted by Crippen LogP contribution is 2.51. The van der Waals surface area contributed by atoms with E-state index in [9.17, 15) is 5.11 Å². The predicted octanol–water partition coefficient (Wildman–Crippen LogP) is 6.74. The summed E-state index contributed by atoms with van der Waals surface area (Å²) in [5.41, 5.74) is 8.83. The molecule has 3 heterocycles. The van der Waals surface area contributed by atoms with Gasteiger partial charge in [0.2, 0.25) is 5.75 Å². The Hall–Kier alpha value is -4.40. The molecule has 7 rings (SSSR count). The van der Waals surface area contributed by atoms with E-state index in [0.29, 0.717) is 29.4 Å². The lowest BCUT2D eigenvalue weighted by Gasteiger charge is -2.37. The molecule has 240 valence electrons. The maximum atomic E-state index is 11.7. The Balaban J connectivity index is 1.52. The summed E-state index contributed by atoms with van der Waals surface area (Å²) in [5.74, 6) is 3.63. The first-order valence-corrected chi connectivity index (χ1v) is 15.9. The molecular weight excluding hydrogens is 580 g/mol. The number of phenolic OH excluding ortho intramolecular Hbond substituents is 1. The topological polar surface area (TPSA) is 72.9 Å². The lowest BCUT2D eigenvalue weighted by Crippen LogP contribution is -2.34. The van der Waals surface area contributed by atoms with Gasteiger partial charge in [-0.25, -0.2) is 0 Å². The SMILES string of the molecule is COc1cc2c3cc1Oc1c(O)c(OC)cc4c1[C@H](Cc1ccc(OC)c(c1)-c1cc(ccc1OC)C[C@H]3N(C)CC2)N(C)CC4. The van der Waals surface area contributed by atoms with Crippen LogP contribution in [-0.4, -0.2) is 70.5 Å². The number of ether oxygens (including phenoxy) is 5. The van der Waals surface area contributed by atoms with E-state index in [0.717, 1.165) is 71.7 Å². The molecule has 0 saturated heterocycles. The van der Waals surface area contributed by atoms with Crippen LogP contribution in [0.1, 0.15) is 45.5 Å². The number of phenols is 1. The van der Waals surface area contributed by atoms with Crippen LogP contribution >= 0.6 is 0 Å². The van der Waals surface area contributed by atoms with E-state index in [2.05, 4.69) is 66.4 Å². The predicted molar refractivity (Wildman–Crippen MR) is 178 cm³/mol. The average Bonchev–Trinajstić information content (AvgIpc) is 3.07. The lowest BCUT2D eigenvalue weighted by atomic mass is 9.86. The van der Waals surface area contributed by atoms with Gasteiger partial charge in [0.25, 0.3) is 0 Å². The standard InChI is InChI=1S/C38H42N2O6/c1-39-13-11-24-19-33(44-5)34-21-26(24)29(39)17-22-7-9-31(42-3)27(15-22)28-16-23(8-10-32(28)43-4)18-30-36-25(12-14-40(30)2)20-35(45-6)37(41)38(36)46-34/h7-10,15-16,19-21,29-30,41H,11-14,17-18H2,1-6H3/t29-,30+/m1/s1. The number of aromatic hydroxyl groups is 1. The van der Waals surface area contributed by atoms with E-state index >= 15 is 0 Å². The van der Waals surface area contributed by atoms with Gasteiger partial charge < -0.3 is 28.8 Å². The zero-order chi connectivity index (χ0) is 32.1. The molecular formula is C38H42N2O6.